The van der Waals surface area contributed by atoms with Crippen molar-refractivity contribution in [1.29, 1.82) is 0 Å². The van der Waals surface area contributed by atoms with Crippen LogP contribution in [0, 0.1) is 5.82 Å². The summed E-state index contributed by atoms with van der Waals surface area (Å²) in [7, 11) is 0. The molecule has 30 heavy (non-hydrogen) atoms. The minimum Gasteiger partial charge on any atom is -0.300 e. The molecule has 1 amide bonds. The lowest BCUT2D eigenvalue weighted by Gasteiger charge is -2.06. The van der Waals surface area contributed by atoms with Crippen molar-refractivity contribution in [3.63, 3.8) is 0 Å². The number of carbonyl (C=O) groups excluding carboxylic acids is 1. The van der Waals surface area contributed by atoms with Crippen molar-refractivity contribution in [2.45, 2.75) is 25.8 Å². The number of benzene rings is 2. The van der Waals surface area contributed by atoms with E-state index in [1.807, 2.05) is 5.38 Å². The second-order valence-corrected chi connectivity index (χ2v) is 8.12. The van der Waals surface area contributed by atoms with Crippen molar-refractivity contribution in [1.82, 2.24) is 14.5 Å². The Morgan fingerprint density at radius 1 is 1.17 bits per heavy atom. The average Bonchev–Trinajstić information content (AvgIpc) is 3.39. The molecule has 0 unspecified atom stereocenters. The Hall–Kier alpha value is -3.39. The second kappa shape index (κ2) is 7.46. The van der Waals surface area contributed by atoms with Gasteiger partial charge in [-0.1, -0.05) is 12.1 Å². The Labute approximate surface area is 175 Å². The molecule has 4 aromatic rings. The third-order valence-electron chi connectivity index (χ3n) is 5.24. The monoisotopic (exact) mass is 420 g/mol. The lowest BCUT2D eigenvalue weighted by atomic mass is 10.1. The highest BCUT2D eigenvalue weighted by Crippen LogP contribution is 2.30. The van der Waals surface area contributed by atoms with Crippen molar-refractivity contribution in [2.24, 2.45) is 0 Å². The molecule has 0 radical (unpaired) electrons. The van der Waals surface area contributed by atoms with Gasteiger partial charge in [-0.05, 0) is 54.7 Å². The molecule has 0 bridgehead atoms. The van der Waals surface area contributed by atoms with Crippen LogP contribution in [0.4, 0.5) is 9.52 Å². The summed E-state index contributed by atoms with van der Waals surface area (Å²) in [6.07, 6.45) is 4.70. The number of thiazole rings is 1. The standard InChI is InChI=1S/C22H17FN4O2S/c23-16-6-7-18-17(9-16)21(29)27(12-24-18)10-20(28)26-22-25-19(11-30-22)15-5-4-13-2-1-3-14(13)8-15/h4-9,11-12H,1-3,10H2,(H,25,26,28). The van der Waals surface area contributed by atoms with Crippen molar-refractivity contribution in [2.75, 3.05) is 5.32 Å². The first-order valence-electron chi connectivity index (χ1n) is 9.59. The zero-order valence-corrected chi connectivity index (χ0v) is 16.7. The Bertz CT molecular complexity index is 1340. The van der Waals surface area contributed by atoms with Gasteiger partial charge in [0.05, 0.1) is 22.9 Å². The molecule has 0 spiro atoms. The molecule has 2 aromatic heterocycles. The van der Waals surface area contributed by atoms with Crippen LogP contribution in [0.1, 0.15) is 17.5 Å². The first kappa shape index (κ1) is 18.6. The fourth-order valence-corrected chi connectivity index (χ4v) is 4.49. The van der Waals surface area contributed by atoms with Crippen LogP contribution >= 0.6 is 11.3 Å². The highest BCUT2D eigenvalue weighted by Gasteiger charge is 2.14. The van der Waals surface area contributed by atoms with Crippen molar-refractivity contribution < 1.29 is 9.18 Å². The number of aromatic nitrogens is 3. The van der Waals surface area contributed by atoms with Crippen LogP contribution in [0.5, 0.6) is 0 Å². The third-order valence-corrected chi connectivity index (χ3v) is 6.00. The van der Waals surface area contributed by atoms with E-state index in [2.05, 4.69) is 33.5 Å². The molecule has 150 valence electrons. The van der Waals surface area contributed by atoms with Crippen molar-refractivity contribution in [3.05, 3.63) is 75.4 Å². The fourth-order valence-electron chi connectivity index (χ4n) is 3.75. The van der Waals surface area contributed by atoms with Gasteiger partial charge in [-0.3, -0.25) is 14.2 Å². The molecule has 6 nitrogen and oxygen atoms in total. The van der Waals surface area contributed by atoms with Crippen LogP contribution in [0.15, 0.2) is 52.9 Å². The number of nitrogens with zero attached hydrogens (tertiary/aromatic N) is 3. The van der Waals surface area contributed by atoms with Crippen LogP contribution < -0.4 is 10.9 Å². The fraction of sp³-hybridized carbons (Fsp3) is 0.182. The average molecular weight is 420 g/mol. The van der Waals surface area contributed by atoms with E-state index < -0.39 is 17.3 Å². The van der Waals surface area contributed by atoms with E-state index >= 15 is 0 Å². The number of anilines is 1. The molecule has 5 rings (SSSR count). The van der Waals surface area contributed by atoms with Gasteiger partial charge in [-0.15, -0.1) is 11.3 Å². The van der Waals surface area contributed by atoms with E-state index in [-0.39, 0.29) is 11.9 Å². The smallest absolute Gasteiger partial charge is 0.261 e. The molecular formula is C22H17FN4O2S. The lowest BCUT2D eigenvalue weighted by molar-refractivity contribution is -0.116. The summed E-state index contributed by atoms with van der Waals surface area (Å²) in [5.74, 6) is -0.921. The number of halogens is 1. The Morgan fingerprint density at radius 3 is 2.93 bits per heavy atom. The van der Waals surface area contributed by atoms with Crippen LogP contribution in [-0.4, -0.2) is 20.4 Å². The van der Waals surface area contributed by atoms with Gasteiger partial charge >= 0.3 is 0 Å². The second-order valence-electron chi connectivity index (χ2n) is 7.26. The molecule has 1 N–H and O–H groups in total. The normalized spacial score (nSPS) is 12.8. The van der Waals surface area contributed by atoms with E-state index in [1.54, 1.807) is 0 Å². The van der Waals surface area contributed by atoms with Crippen LogP contribution in [0.3, 0.4) is 0 Å². The van der Waals surface area contributed by atoms with Crippen molar-refractivity contribution in [3.8, 4) is 11.3 Å². The quantitative estimate of drug-likeness (QED) is 0.545. The molecule has 0 fully saturated rings. The van der Waals surface area contributed by atoms with E-state index in [4.69, 9.17) is 0 Å². The van der Waals surface area contributed by atoms with Crippen LogP contribution in [-0.2, 0) is 24.2 Å². The molecular weight excluding hydrogens is 403 g/mol. The predicted octanol–water partition coefficient (Wildman–Crippen LogP) is 3.79. The van der Waals surface area contributed by atoms with Gasteiger partial charge in [-0.2, -0.15) is 0 Å². The SMILES string of the molecule is O=C(Cn1cnc2ccc(F)cc2c1=O)Nc1nc(-c2ccc3c(c2)CCC3)cs1. The zero-order valence-electron chi connectivity index (χ0n) is 15.9. The summed E-state index contributed by atoms with van der Waals surface area (Å²) in [4.78, 5) is 33.6. The first-order valence-corrected chi connectivity index (χ1v) is 10.5. The summed E-state index contributed by atoms with van der Waals surface area (Å²) in [6, 6.07) is 10.2. The largest absolute Gasteiger partial charge is 0.300 e. The first-order chi connectivity index (χ1) is 14.6. The molecule has 0 saturated heterocycles. The topological polar surface area (TPSA) is 76.9 Å². The number of hydrogen-bond donors (Lipinski definition) is 1. The molecule has 8 heteroatoms. The summed E-state index contributed by atoms with van der Waals surface area (Å²) in [5.41, 5.74) is 4.53. The summed E-state index contributed by atoms with van der Waals surface area (Å²) < 4.78 is 14.6. The summed E-state index contributed by atoms with van der Waals surface area (Å²) in [5, 5.41) is 5.23. The van der Waals surface area contributed by atoms with Gasteiger partial charge in [0.2, 0.25) is 5.91 Å². The maximum atomic E-state index is 13.5. The molecule has 1 aliphatic carbocycles. The van der Waals surface area contributed by atoms with E-state index in [1.165, 1.54) is 47.3 Å². The van der Waals surface area contributed by atoms with Crippen LogP contribution in [0.2, 0.25) is 0 Å². The number of hydrogen-bond acceptors (Lipinski definition) is 5. The number of fused-ring (bicyclic) bond motifs is 2. The van der Waals surface area contributed by atoms with Gasteiger partial charge in [0.1, 0.15) is 12.4 Å². The van der Waals surface area contributed by atoms with E-state index in [0.29, 0.717) is 10.6 Å². The number of rotatable bonds is 4. The lowest BCUT2D eigenvalue weighted by Crippen LogP contribution is -2.27. The summed E-state index contributed by atoms with van der Waals surface area (Å²) in [6.45, 7) is -0.230. The van der Waals surface area contributed by atoms with Gasteiger partial charge in [-0.25, -0.2) is 14.4 Å². The number of nitrogens with one attached hydrogen (secondary N) is 1. The minimum absolute atomic E-state index is 0.137. The third kappa shape index (κ3) is 3.50. The molecule has 0 atom stereocenters. The highest BCUT2D eigenvalue weighted by molar-refractivity contribution is 7.14. The van der Waals surface area contributed by atoms with Crippen molar-refractivity contribution >= 4 is 33.3 Å². The maximum absolute atomic E-state index is 13.5. The minimum atomic E-state index is -0.523. The Balaban J connectivity index is 1.32. The van der Waals surface area contributed by atoms with E-state index in [0.717, 1.165) is 34.7 Å². The van der Waals surface area contributed by atoms with E-state index in [9.17, 15) is 14.0 Å². The summed E-state index contributed by atoms with van der Waals surface area (Å²) >= 11 is 1.33. The van der Waals surface area contributed by atoms with Gasteiger partial charge < -0.3 is 5.32 Å². The van der Waals surface area contributed by atoms with Gasteiger partial charge in [0.25, 0.3) is 5.56 Å². The maximum Gasteiger partial charge on any atom is 0.261 e. The molecule has 1 aliphatic rings. The molecule has 2 heterocycles. The Kier molecular flexibility index (Phi) is 4.63. The van der Waals surface area contributed by atoms with Crippen LogP contribution in [0.25, 0.3) is 22.2 Å². The van der Waals surface area contributed by atoms with Gasteiger partial charge in [0, 0.05) is 10.9 Å². The number of amides is 1. The highest BCUT2D eigenvalue weighted by atomic mass is 32.1. The molecule has 2 aromatic carbocycles. The molecule has 0 saturated carbocycles. The zero-order chi connectivity index (χ0) is 20.7. The van der Waals surface area contributed by atoms with Gasteiger partial charge in [0.15, 0.2) is 5.13 Å². The Morgan fingerprint density at radius 2 is 2.03 bits per heavy atom. The predicted molar refractivity (Wildman–Crippen MR) is 114 cm³/mol. The molecule has 0 aliphatic heterocycles. The number of aryl methyl sites for hydroxylation is 2. The number of carbonyl (C=O) groups is 1.